The third-order valence-electron chi connectivity index (χ3n) is 4.10. The molecule has 0 aliphatic carbocycles. The molecule has 0 bridgehead atoms. The fraction of sp³-hybridized carbons (Fsp3) is 0.105. The molecular weight excluding hydrogens is 376 g/mol. The van der Waals surface area contributed by atoms with Gasteiger partial charge in [0.2, 0.25) is 11.6 Å². The summed E-state index contributed by atoms with van der Waals surface area (Å²) in [5, 5.41) is 15.2. The first-order chi connectivity index (χ1) is 14.2. The lowest BCUT2D eigenvalue weighted by Gasteiger charge is -2.09. The number of carbonyl (C=O) groups excluding carboxylic acids is 1. The number of aromatic nitrogens is 5. The average Bonchev–Trinajstić information content (AvgIpc) is 3.38. The normalized spacial score (nSPS) is 10.7. The molecule has 4 aromatic rings. The predicted molar refractivity (Wildman–Crippen MR) is 101 cm³/mol. The molecule has 2 aromatic carbocycles. The first-order valence-electron chi connectivity index (χ1n) is 8.57. The van der Waals surface area contributed by atoms with E-state index in [1.165, 1.54) is 11.8 Å². The van der Waals surface area contributed by atoms with E-state index < -0.39 is 5.97 Å². The molecule has 0 spiro atoms. The number of benzene rings is 2. The van der Waals surface area contributed by atoms with Gasteiger partial charge in [0.05, 0.1) is 7.11 Å². The molecule has 0 saturated carbocycles. The highest BCUT2D eigenvalue weighted by Gasteiger charge is 2.25. The highest BCUT2D eigenvalue weighted by atomic mass is 16.6. The van der Waals surface area contributed by atoms with Crippen molar-refractivity contribution in [1.29, 1.82) is 0 Å². The Morgan fingerprint density at radius 2 is 1.97 bits per heavy atom. The van der Waals surface area contributed by atoms with E-state index in [1.54, 1.807) is 18.2 Å². The van der Waals surface area contributed by atoms with Gasteiger partial charge in [-0.25, -0.2) is 9.42 Å². The van der Waals surface area contributed by atoms with Crippen LogP contribution in [0.15, 0.2) is 59.2 Å². The fourth-order valence-electron chi connectivity index (χ4n) is 2.74. The van der Waals surface area contributed by atoms with Crippen molar-refractivity contribution < 1.29 is 18.9 Å². The third kappa shape index (κ3) is 3.63. The van der Waals surface area contributed by atoms with E-state index in [1.807, 2.05) is 36.4 Å². The standard InChI is InChI=1S/C19H16N6O4/c1-27-19(26)15-16(25(24-21-15)18-17(20)22-29-23-18)13-8-5-9-14(10-13)28-11-12-6-3-2-4-7-12/h2-10H,11H2,1H3,(H2,20,22). The van der Waals surface area contributed by atoms with Gasteiger partial charge in [0, 0.05) is 5.56 Å². The molecule has 0 fully saturated rings. The summed E-state index contributed by atoms with van der Waals surface area (Å²) in [6.45, 7) is 0.395. The van der Waals surface area contributed by atoms with E-state index in [0.717, 1.165) is 5.56 Å². The van der Waals surface area contributed by atoms with Crippen LogP contribution in [-0.2, 0) is 11.3 Å². The maximum atomic E-state index is 12.2. The maximum Gasteiger partial charge on any atom is 0.360 e. The Balaban J connectivity index is 1.73. The van der Waals surface area contributed by atoms with Crippen molar-refractivity contribution in [1.82, 2.24) is 25.3 Å². The van der Waals surface area contributed by atoms with E-state index in [0.29, 0.717) is 23.6 Å². The Labute approximate surface area is 164 Å². The van der Waals surface area contributed by atoms with Crippen LogP contribution in [0.1, 0.15) is 16.1 Å². The van der Waals surface area contributed by atoms with E-state index >= 15 is 0 Å². The molecule has 146 valence electrons. The number of carbonyl (C=O) groups is 1. The topological polar surface area (TPSA) is 131 Å². The zero-order valence-corrected chi connectivity index (χ0v) is 15.3. The molecule has 0 amide bonds. The molecule has 0 aliphatic rings. The highest BCUT2D eigenvalue weighted by Crippen LogP contribution is 2.29. The van der Waals surface area contributed by atoms with Gasteiger partial charge in [-0.1, -0.05) is 47.7 Å². The molecule has 0 aliphatic heterocycles. The van der Waals surface area contributed by atoms with Crippen LogP contribution in [-0.4, -0.2) is 38.4 Å². The van der Waals surface area contributed by atoms with Gasteiger partial charge in [0.25, 0.3) is 0 Å². The van der Waals surface area contributed by atoms with E-state index in [9.17, 15) is 4.79 Å². The maximum absolute atomic E-state index is 12.2. The Kier molecular flexibility index (Phi) is 4.89. The van der Waals surface area contributed by atoms with Crippen LogP contribution in [0, 0.1) is 0 Å². The van der Waals surface area contributed by atoms with E-state index in [2.05, 4.69) is 25.3 Å². The molecule has 0 unspecified atom stereocenters. The number of nitrogens with zero attached hydrogens (tertiary/aromatic N) is 5. The second kappa shape index (κ2) is 7.80. The third-order valence-corrected chi connectivity index (χ3v) is 4.10. The lowest BCUT2D eigenvalue weighted by atomic mass is 10.1. The summed E-state index contributed by atoms with van der Waals surface area (Å²) in [5.74, 6) is 0.0559. The van der Waals surface area contributed by atoms with Crippen LogP contribution in [0.5, 0.6) is 5.75 Å². The first kappa shape index (κ1) is 18.2. The van der Waals surface area contributed by atoms with Crippen LogP contribution in [0.4, 0.5) is 5.82 Å². The van der Waals surface area contributed by atoms with Gasteiger partial charge in [-0.2, -0.15) is 4.68 Å². The fourth-order valence-corrected chi connectivity index (χ4v) is 2.74. The smallest absolute Gasteiger partial charge is 0.360 e. The van der Waals surface area contributed by atoms with Gasteiger partial charge in [0.15, 0.2) is 5.69 Å². The number of hydrogen-bond donors (Lipinski definition) is 1. The Morgan fingerprint density at radius 3 is 2.69 bits per heavy atom. The summed E-state index contributed by atoms with van der Waals surface area (Å²) in [6, 6.07) is 16.9. The summed E-state index contributed by atoms with van der Waals surface area (Å²) in [6.07, 6.45) is 0. The van der Waals surface area contributed by atoms with Crippen molar-refractivity contribution in [3.63, 3.8) is 0 Å². The largest absolute Gasteiger partial charge is 0.489 e. The molecule has 4 rings (SSSR count). The quantitative estimate of drug-likeness (QED) is 0.491. The van der Waals surface area contributed by atoms with Crippen molar-refractivity contribution in [2.45, 2.75) is 6.61 Å². The lowest BCUT2D eigenvalue weighted by molar-refractivity contribution is 0.0595. The van der Waals surface area contributed by atoms with Crippen molar-refractivity contribution in [3.05, 3.63) is 65.9 Å². The lowest BCUT2D eigenvalue weighted by Crippen LogP contribution is -2.07. The van der Waals surface area contributed by atoms with E-state index in [-0.39, 0.29) is 17.3 Å². The first-order valence-corrected chi connectivity index (χ1v) is 8.57. The zero-order chi connectivity index (χ0) is 20.2. The molecule has 2 N–H and O–H groups in total. The summed E-state index contributed by atoms with van der Waals surface area (Å²) < 4.78 is 16.6. The van der Waals surface area contributed by atoms with Crippen LogP contribution < -0.4 is 10.5 Å². The van der Waals surface area contributed by atoms with Crippen LogP contribution in [0.2, 0.25) is 0 Å². The molecule has 0 saturated heterocycles. The Hall–Kier alpha value is -4.21. The van der Waals surface area contributed by atoms with Crippen molar-refractivity contribution in [2.24, 2.45) is 0 Å². The molecule has 29 heavy (non-hydrogen) atoms. The highest BCUT2D eigenvalue weighted by molar-refractivity contribution is 5.94. The number of nitrogens with two attached hydrogens (primary N) is 1. The Bertz CT molecular complexity index is 1140. The number of methoxy groups -OCH3 is 1. The summed E-state index contributed by atoms with van der Waals surface area (Å²) in [5.41, 5.74) is 7.73. The van der Waals surface area contributed by atoms with Crippen molar-refractivity contribution in [3.8, 4) is 22.8 Å². The number of rotatable bonds is 6. The molecule has 10 heteroatoms. The molecule has 0 radical (unpaired) electrons. The van der Waals surface area contributed by atoms with Gasteiger partial charge in [-0.15, -0.1) is 5.10 Å². The van der Waals surface area contributed by atoms with Crippen LogP contribution in [0.25, 0.3) is 17.1 Å². The monoisotopic (exact) mass is 392 g/mol. The van der Waals surface area contributed by atoms with Crippen LogP contribution in [0.3, 0.4) is 0 Å². The number of nitrogen functional groups attached to an aromatic ring is 1. The Morgan fingerprint density at radius 1 is 1.14 bits per heavy atom. The minimum Gasteiger partial charge on any atom is -0.489 e. The summed E-state index contributed by atoms with van der Waals surface area (Å²) in [4.78, 5) is 12.2. The molecular formula is C19H16N6O4. The van der Waals surface area contributed by atoms with Crippen molar-refractivity contribution >= 4 is 11.8 Å². The molecule has 2 aromatic heterocycles. The zero-order valence-electron chi connectivity index (χ0n) is 15.3. The SMILES string of the molecule is COC(=O)c1nnn(-c2nonc2N)c1-c1cccc(OCc2ccccc2)c1. The average molecular weight is 392 g/mol. The second-order valence-electron chi connectivity index (χ2n) is 5.97. The molecule has 10 nitrogen and oxygen atoms in total. The predicted octanol–water partition coefficient (Wildman–Crippen LogP) is 2.27. The minimum absolute atomic E-state index is 0.00375. The summed E-state index contributed by atoms with van der Waals surface area (Å²) in [7, 11) is 1.26. The van der Waals surface area contributed by atoms with E-state index in [4.69, 9.17) is 15.2 Å². The number of hydrogen-bond acceptors (Lipinski definition) is 9. The van der Waals surface area contributed by atoms with Gasteiger partial charge in [0.1, 0.15) is 18.1 Å². The van der Waals surface area contributed by atoms with Gasteiger partial charge in [-0.05, 0) is 28.0 Å². The molecule has 2 heterocycles. The number of ether oxygens (including phenoxy) is 2. The van der Waals surface area contributed by atoms with Gasteiger partial charge in [-0.3, -0.25) is 0 Å². The van der Waals surface area contributed by atoms with Crippen LogP contribution >= 0.6 is 0 Å². The van der Waals surface area contributed by atoms with Gasteiger partial charge >= 0.3 is 5.97 Å². The second-order valence-corrected chi connectivity index (χ2v) is 5.97. The summed E-state index contributed by atoms with van der Waals surface area (Å²) >= 11 is 0. The number of anilines is 1. The molecule has 0 atom stereocenters. The minimum atomic E-state index is -0.656. The number of esters is 1. The van der Waals surface area contributed by atoms with Gasteiger partial charge < -0.3 is 15.2 Å². The van der Waals surface area contributed by atoms with Crippen molar-refractivity contribution in [2.75, 3.05) is 12.8 Å².